The summed E-state index contributed by atoms with van der Waals surface area (Å²) in [7, 11) is 1.68. The minimum Gasteiger partial charge on any atom is -0.449 e. The van der Waals surface area contributed by atoms with Crippen LogP contribution < -0.4 is 4.90 Å². The molecule has 1 aromatic carbocycles. The number of hydrogen-bond donors (Lipinski definition) is 0. The summed E-state index contributed by atoms with van der Waals surface area (Å²) < 4.78 is 5.17. The first kappa shape index (κ1) is 14.8. The van der Waals surface area contributed by atoms with E-state index in [0.717, 1.165) is 31.4 Å². The lowest BCUT2D eigenvalue weighted by Gasteiger charge is -2.17. The smallest absolute Gasteiger partial charge is 0.414 e. The third-order valence-electron chi connectivity index (χ3n) is 2.61. The zero-order valence-corrected chi connectivity index (χ0v) is 11.4. The average Bonchev–Trinajstić information content (AvgIpc) is 2.38. The molecule has 0 N–H and O–H groups in total. The summed E-state index contributed by atoms with van der Waals surface area (Å²) >= 11 is 5.79. The van der Waals surface area contributed by atoms with Crippen molar-refractivity contribution in [1.29, 1.82) is 0 Å². The molecule has 0 spiro atoms. The van der Waals surface area contributed by atoms with Crippen LogP contribution >= 0.6 is 11.6 Å². The molecule has 0 atom stereocenters. The highest BCUT2D eigenvalue weighted by atomic mass is 35.5. The van der Waals surface area contributed by atoms with E-state index in [0.29, 0.717) is 11.6 Å². The lowest BCUT2D eigenvalue weighted by Crippen LogP contribution is -2.27. The van der Waals surface area contributed by atoms with Gasteiger partial charge in [0.25, 0.3) is 0 Å². The van der Waals surface area contributed by atoms with Crippen molar-refractivity contribution in [3.05, 3.63) is 36.2 Å². The lowest BCUT2D eigenvalue weighted by molar-refractivity contribution is 0.152. The second-order valence-corrected chi connectivity index (χ2v) is 4.50. The third-order valence-corrected chi connectivity index (χ3v) is 2.86. The fourth-order valence-corrected chi connectivity index (χ4v) is 1.61. The molecule has 1 radical (unpaired) electrons. The van der Waals surface area contributed by atoms with Gasteiger partial charge in [-0.1, -0.05) is 37.8 Å². The maximum atomic E-state index is 11.7. The number of rotatable bonds is 6. The van der Waals surface area contributed by atoms with Gasteiger partial charge in [0.2, 0.25) is 0 Å². The summed E-state index contributed by atoms with van der Waals surface area (Å²) in [6, 6.07) is 7.06. The van der Waals surface area contributed by atoms with E-state index in [2.05, 4.69) is 6.92 Å². The van der Waals surface area contributed by atoms with Crippen LogP contribution in [-0.4, -0.2) is 19.7 Å². The van der Waals surface area contributed by atoms with Crippen LogP contribution in [0.2, 0.25) is 5.02 Å². The van der Waals surface area contributed by atoms with Crippen molar-refractivity contribution in [2.45, 2.75) is 25.7 Å². The van der Waals surface area contributed by atoms with Crippen molar-refractivity contribution in [3.8, 4) is 0 Å². The Balaban J connectivity index is 2.34. The minimum absolute atomic E-state index is 0.341. The molecule has 0 heterocycles. The minimum atomic E-state index is -0.341. The van der Waals surface area contributed by atoms with E-state index in [1.165, 1.54) is 4.90 Å². The molecule has 1 amide bonds. The van der Waals surface area contributed by atoms with Gasteiger partial charge in [-0.05, 0) is 30.7 Å². The Labute approximate surface area is 114 Å². The molecular formula is C14H19ClNO2. The summed E-state index contributed by atoms with van der Waals surface area (Å²) in [6.07, 6.45) is 3.59. The van der Waals surface area contributed by atoms with Crippen molar-refractivity contribution in [2.24, 2.45) is 0 Å². The van der Waals surface area contributed by atoms with Crippen LogP contribution in [0.3, 0.4) is 0 Å². The van der Waals surface area contributed by atoms with E-state index >= 15 is 0 Å². The molecule has 0 aromatic heterocycles. The van der Waals surface area contributed by atoms with E-state index in [-0.39, 0.29) is 6.09 Å². The van der Waals surface area contributed by atoms with Crippen LogP contribution in [0.15, 0.2) is 24.3 Å². The van der Waals surface area contributed by atoms with Gasteiger partial charge < -0.3 is 4.74 Å². The SMILES string of the molecule is [CH2]CCCCCOC(=O)N(C)c1ccc(Cl)cc1. The van der Waals surface area contributed by atoms with Gasteiger partial charge in [0.05, 0.1) is 6.61 Å². The monoisotopic (exact) mass is 268 g/mol. The molecule has 0 aliphatic rings. The van der Waals surface area contributed by atoms with Crippen molar-refractivity contribution in [2.75, 3.05) is 18.6 Å². The van der Waals surface area contributed by atoms with Crippen molar-refractivity contribution in [3.63, 3.8) is 0 Å². The van der Waals surface area contributed by atoms with E-state index in [1.54, 1.807) is 31.3 Å². The van der Waals surface area contributed by atoms with Gasteiger partial charge in [0, 0.05) is 17.8 Å². The number of amides is 1. The summed E-state index contributed by atoms with van der Waals surface area (Å²) in [4.78, 5) is 13.2. The zero-order chi connectivity index (χ0) is 13.4. The molecule has 99 valence electrons. The number of hydrogen-bond acceptors (Lipinski definition) is 2. The number of ether oxygens (including phenoxy) is 1. The Kier molecular flexibility index (Phi) is 6.58. The summed E-state index contributed by atoms with van der Waals surface area (Å²) in [6.45, 7) is 4.22. The Morgan fingerprint density at radius 1 is 1.28 bits per heavy atom. The third kappa shape index (κ3) is 4.96. The van der Waals surface area contributed by atoms with Crippen LogP contribution in [-0.2, 0) is 4.74 Å². The van der Waals surface area contributed by atoms with Gasteiger partial charge in [-0.15, -0.1) is 0 Å². The molecule has 1 aromatic rings. The number of carbonyl (C=O) groups is 1. The first-order valence-corrected chi connectivity index (χ1v) is 6.48. The molecule has 4 heteroatoms. The molecule has 0 bridgehead atoms. The van der Waals surface area contributed by atoms with Gasteiger partial charge in [0.1, 0.15) is 0 Å². The predicted molar refractivity (Wildman–Crippen MR) is 75.0 cm³/mol. The fourth-order valence-electron chi connectivity index (χ4n) is 1.48. The molecule has 0 fully saturated rings. The summed E-state index contributed by atoms with van der Waals surface area (Å²) in [5.74, 6) is 0. The number of halogens is 1. The average molecular weight is 269 g/mol. The van der Waals surface area contributed by atoms with E-state index in [4.69, 9.17) is 16.3 Å². The van der Waals surface area contributed by atoms with Gasteiger partial charge in [-0.2, -0.15) is 0 Å². The van der Waals surface area contributed by atoms with E-state index < -0.39 is 0 Å². The van der Waals surface area contributed by atoms with Crippen LogP contribution in [0.5, 0.6) is 0 Å². The maximum Gasteiger partial charge on any atom is 0.414 e. The number of anilines is 1. The molecular weight excluding hydrogens is 250 g/mol. The fraction of sp³-hybridized carbons (Fsp3) is 0.429. The highest BCUT2D eigenvalue weighted by molar-refractivity contribution is 6.30. The van der Waals surface area contributed by atoms with Gasteiger partial charge >= 0.3 is 6.09 Å². The maximum absolute atomic E-state index is 11.7. The first-order valence-electron chi connectivity index (χ1n) is 6.10. The Morgan fingerprint density at radius 2 is 1.94 bits per heavy atom. The highest BCUT2D eigenvalue weighted by Gasteiger charge is 2.11. The summed E-state index contributed by atoms with van der Waals surface area (Å²) in [5.41, 5.74) is 0.766. The van der Waals surface area contributed by atoms with Crippen LogP contribution in [0.4, 0.5) is 10.5 Å². The molecule has 0 saturated carbocycles. The molecule has 3 nitrogen and oxygen atoms in total. The van der Waals surface area contributed by atoms with Crippen LogP contribution in [0, 0.1) is 6.92 Å². The largest absolute Gasteiger partial charge is 0.449 e. The van der Waals surface area contributed by atoms with Crippen LogP contribution in [0.1, 0.15) is 25.7 Å². The van der Waals surface area contributed by atoms with Crippen molar-refractivity contribution >= 4 is 23.4 Å². The van der Waals surface area contributed by atoms with Gasteiger partial charge in [-0.3, -0.25) is 4.90 Å². The van der Waals surface area contributed by atoms with Crippen LogP contribution in [0.25, 0.3) is 0 Å². The number of carbonyl (C=O) groups excluding carboxylic acids is 1. The van der Waals surface area contributed by atoms with E-state index in [1.807, 2.05) is 0 Å². The predicted octanol–water partition coefficient (Wildman–Crippen LogP) is 4.31. The van der Waals surface area contributed by atoms with E-state index in [9.17, 15) is 4.79 Å². The van der Waals surface area contributed by atoms with Crippen molar-refractivity contribution in [1.82, 2.24) is 0 Å². The highest BCUT2D eigenvalue weighted by Crippen LogP contribution is 2.17. The summed E-state index contributed by atoms with van der Waals surface area (Å²) in [5, 5.41) is 0.647. The molecule has 0 saturated heterocycles. The second kappa shape index (κ2) is 7.98. The Morgan fingerprint density at radius 3 is 2.56 bits per heavy atom. The normalized spacial score (nSPS) is 10.2. The molecule has 18 heavy (non-hydrogen) atoms. The molecule has 1 rings (SSSR count). The number of benzene rings is 1. The quantitative estimate of drug-likeness (QED) is 0.720. The molecule has 0 aliphatic carbocycles. The Hall–Kier alpha value is -1.22. The number of unbranched alkanes of at least 4 members (excludes halogenated alkanes) is 3. The zero-order valence-electron chi connectivity index (χ0n) is 10.7. The van der Waals surface area contributed by atoms with Gasteiger partial charge in [0.15, 0.2) is 0 Å². The second-order valence-electron chi connectivity index (χ2n) is 4.06. The topological polar surface area (TPSA) is 29.5 Å². The standard InChI is InChI=1S/C14H19ClNO2/c1-3-4-5-6-11-18-14(17)16(2)13-9-7-12(15)8-10-13/h7-10H,1,3-6,11H2,2H3. The van der Waals surface area contributed by atoms with Gasteiger partial charge in [-0.25, -0.2) is 4.79 Å². The van der Waals surface area contributed by atoms with Crippen molar-refractivity contribution < 1.29 is 9.53 Å². The number of nitrogens with zero attached hydrogens (tertiary/aromatic N) is 1. The molecule has 0 unspecified atom stereocenters. The molecule has 0 aliphatic heterocycles. The Bertz CT molecular complexity index is 365. The lowest BCUT2D eigenvalue weighted by atomic mass is 10.2. The first-order chi connectivity index (χ1) is 8.65.